The van der Waals surface area contributed by atoms with Crippen molar-refractivity contribution in [3.05, 3.63) is 28.7 Å². The summed E-state index contributed by atoms with van der Waals surface area (Å²) in [5.41, 5.74) is 4.74. The first-order valence-corrected chi connectivity index (χ1v) is 11.1. The van der Waals surface area contributed by atoms with Crippen molar-refractivity contribution in [3.63, 3.8) is 0 Å². The van der Waals surface area contributed by atoms with Crippen LogP contribution in [-0.2, 0) is 42.3 Å². The molecule has 154 valence electrons. The Morgan fingerprint density at radius 1 is 1.17 bits per heavy atom. The van der Waals surface area contributed by atoms with Crippen molar-refractivity contribution in [2.45, 2.75) is 56.1 Å². The van der Waals surface area contributed by atoms with Gasteiger partial charge in [0, 0.05) is 11.4 Å². The maximum Gasteiger partial charge on any atom is 0.333 e. The quantitative estimate of drug-likeness (QED) is 0.660. The van der Waals surface area contributed by atoms with Gasteiger partial charge in [0.05, 0.1) is 18.4 Å². The van der Waals surface area contributed by atoms with Gasteiger partial charge in [-0.05, 0) is 49.7 Å². The summed E-state index contributed by atoms with van der Waals surface area (Å²) in [5, 5.41) is 16.3. The van der Waals surface area contributed by atoms with E-state index >= 15 is 0 Å². The van der Waals surface area contributed by atoms with E-state index in [-0.39, 0.29) is 23.9 Å². The van der Waals surface area contributed by atoms with Gasteiger partial charge in [0.2, 0.25) is 5.88 Å². The smallest absolute Gasteiger partial charge is 0.333 e. The van der Waals surface area contributed by atoms with Crippen LogP contribution in [0.3, 0.4) is 0 Å². The number of fused-ring (bicyclic) bond motifs is 3. The Hall–Kier alpha value is -2.66. The molecule has 0 fully saturated rings. The zero-order valence-corrected chi connectivity index (χ0v) is 16.5. The molecule has 29 heavy (non-hydrogen) atoms. The van der Waals surface area contributed by atoms with Crippen molar-refractivity contribution >= 4 is 21.7 Å². The zero-order valence-electron chi connectivity index (χ0n) is 15.6. The first kappa shape index (κ1) is 18.4. The average Bonchev–Trinajstić information content (AvgIpc) is 3.39. The van der Waals surface area contributed by atoms with Gasteiger partial charge in [0.15, 0.2) is 4.90 Å². The van der Waals surface area contributed by atoms with Crippen LogP contribution in [0.2, 0.25) is 0 Å². The lowest BCUT2D eigenvalue weighted by Gasteiger charge is -2.20. The summed E-state index contributed by atoms with van der Waals surface area (Å²) in [5.74, 6) is 0.0151. The number of carbonyl (C=O) groups is 1. The van der Waals surface area contributed by atoms with Gasteiger partial charge in [-0.25, -0.2) is 22.6 Å². The second kappa shape index (κ2) is 6.70. The second-order valence-corrected chi connectivity index (χ2v) is 9.22. The highest BCUT2D eigenvalue weighted by Gasteiger charge is 2.31. The van der Waals surface area contributed by atoms with Gasteiger partial charge in [0.1, 0.15) is 12.7 Å². The van der Waals surface area contributed by atoms with E-state index in [0.29, 0.717) is 5.69 Å². The molecule has 1 unspecified atom stereocenters. The van der Waals surface area contributed by atoms with Crippen molar-refractivity contribution < 1.29 is 23.1 Å². The molecule has 0 bridgehead atoms. The number of aromatic nitrogens is 3. The first-order valence-electron chi connectivity index (χ1n) is 9.66. The SMILES string of the molecule is O=C(Nc1c2c(nc3c1CCC3)CCC2)NS(=O)(=O)c1cnn2c1OCC(O)C2. The van der Waals surface area contributed by atoms with Crippen LogP contribution < -0.4 is 14.8 Å². The lowest BCUT2D eigenvalue weighted by molar-refractivity contribution is 0.0537. The Bertz CT molecular complexity index is 1080. The predicted molar refractivity (Wildman–Crippen MR) is 101 cm³/mol. The Labute approximate surface area is 167 Å². The van der Waals surface area contributed by atoms with Gasteiger partial charge < -0.3 is 15.2 Å². The summed E-state index contributed by atoms with van der Waals surface area (Å²) >= 11 is 0. The number of hydrogen-bond donors (Lipinski definition) is 3. The summed E-state index contributed by atoms with van der Waals surface area (Å²) < 4.78 is 34.1. The Morgan fingerprint density at radius 2 is 1.86 bits per heavy atom. The zero-order chi connectivity index (χ0) is 20.2. The van der Waals surface area contributed by atoms with E-state index in [4.69, 9.17) is 9.72 Å². The molecule has 0 spiro atoms. The summed E-state index contributed by atoms with van der Waals surface area (Å²) in [6.45, 7) is 0.0992. The fourth-order valence-corrected chi connectivity index (χ4v) is 5.28. The lowest BCUT2D eigenvalue weighted by atomic mass is 10.1. The Balaban J connectivity index is 1.40. The lowest BCUT2D eigenvalue weighted by Crippen LogP contribution is -2.36. The Kier molecular flexibility index (Phi) is 4.24. The molecule has 2 aromatic heterocycles. The van der Waals surface area contributed by atoms with Gasteiger partial charge >= 0.3 is 6.03 Å². The Morgan fingerprint density at radius 3 is 2.55 bits per heavy atom. The molecule has 0 saturated heterocycles. The molecule has 3 heterocycles. The largest absolute Gasteiger partial charge is 0.474 e. The van der Waals surface area contributed by atoms with E-state index in [1.54, 1.807) is 0 Å². The number of carbonyl (C=O) groups excluding carboxylic acids is 1. The second-order valence-electron chi connectivity index (χ2n) is 7.56. The number of aliphatic hydroxyl groups is 1. The summed E-state index contributed by atoms with van der Waals surface area (Å²) in [7, 11) is -4.19. The molecule has 0 radical (unpaired) electrons. The number of anilines is 1. The topological polar surface area (TPSA) is 135 Å². The first-order chi connectivity index (χ1) is 13.9. The number of ether oxygens (including phenoxy) is 1. The van der Waals surface area contributed by atoms with Crippen LogP contribution >= 0.6 is 0 Å². The molecule has 2 aromatic rings. The molecule has 2 aliphatic carbocycles. The van der Waals surface area contributed by atoms with Crippen LogP contribution in [0.5, 0.6) is 5.88 Å². The third kappa shape index (κ3) is 3.14. The minimum atomic E-state index is -4.19. The number of nitrogens with one attached hydrogen (secondary N) is 2. The fourth-order valence-electron chi connectivity index (χ4n) is 4.30. The van der Waals surface area contributed by atoms with E-state index in [9.17, 15) is 18.3 Å². The number of aliphatic hydroxyl groups excluding tert-OH is 1. The minimum absolute atomic E-state index is 0.0151. The fraction of sp³-hybridized carbons (Fsp3) is 0.500. The van der Waals surface area contributed by atoms with E-state index in [1.165, 1.54) is 4.68 Å². The van der Waals surface area contributed by atoms with Gasteiger partial charge in [-0.15, -0.1) is 0 Å². The summed E-state index contributed by atoms with van der Waals surface area (Å²) in [6, 6.07) is -0.824. The normalized spacial score (nSPS) is 19.8. The van der Waals surface area contributed by atoms with Crippen LogP contribution in [0.25, 0.3) is 0 Å². The molecule has 10 nitrogen and oxygen atoms in total. The molecule has 0 aromatic carbocycles. The third-order valence-corrected chi connectivity index (χ3v) is 6.87. The molecular weight excluding hydrogens is 398 g/mol. The highest BCUT2D eigenvalue weighted by Crippen LogP contribution is 2.36. The number of nitrogens with zero attached hydrogens (tertiary/aromatic N) is 3. The maximum atomic E-state index is 12.7. The third-order valence-electron chi connectivity index (χ3n) is 5.56. The van der Waals surface area contributed by atoms with Crippen molar-refractivity contribution in [2.75, 3.05) is 11.9 Å². The molecule has 2 amide bonds. The highest BCUT2D eigenvalue weighted by atomic mass is 32.2. The number of amides is 2. The monoisotopic (exact) mass is 419 g/mol. The van der Waals surface area contributed by atoms with Crippen molar-refractivity contribution in [3.8, 4) is 5.88 Å². The van der Waals surface area contributed by atoms with Crippen LogP contribution in [0.1, 0.15) is 35.4 Å². The average molecular weight is 419 g/mol. The highest BCUT2D eigenvalue weighted by molar-refractivity contribution is 7.90. The minimum Gasteiger partial charge on any atom is -0.474 e. The van der Waals surface area contributed by atoms with Crippen molar-refractivity contribution in [1.82, 2.24) is 19.5 Å². The number of pyridine rings is 1. The summed E-state index contributed by atoms with van der Waals surface area (Å²) in [6.07, 6.45) is 5.72. The summed E-state index contributed by atoms with van der Waals surface area (Å²) in [4.78, 5) is 17.1. The van der Waals surface area contributed by atoms with Crippen LogP contribution in [0.4, 0.5) is 10.5 Å². The standard InChI is InChI=1S/C18H21N5O5S/c24-10-8-23-17(28-9-10)15(7-19-23)29(26,27)22-18(25)21-16-11-3-1-5-13(11)20-14-6-2-4-12(14)16/h7,10,24H,1-6,8-9H2,(H2,20,21,22,25). The van der Waals surface area contributed by atoms with Crippen molar-refractivity contribution in [1.29, 1.82) is 0 Å². The van der Waals surface area contributed by atoms with Crippen LogP contribution in [0.15, 0.2) is 11.1 Å². The number of hydrogen-bond acceptors (Lipinski definition) is 7. The number of rotatable bonds is 3. The van der Waals surface area contributed by atoms with Gasteiger partial charge in [-0.2, -0.15) is 5.10 Å². The number of sulfonamides is 1. The predicted octanol–water partition coefficient (Wildman–Crippen LogP) is 0.519. The number of aryl methyl sites for hydroxylation is 2. The van der Waals surface area contributed by atoms with Crippen molar-refractivity contribution in [2.24, 2.45) is 0 Å². The van der Waals surface area contributed by atoms with E-state index in [0.717, 1.165) is 67.2 Å². The van der Waals surface area contributed by atoms with Crippen LogP contribution in [0, 0.1) is 0 Å². The molecule has 3 N–H and O–H groups in total. The van der Waals surface area contributed by atoms with Gasteiger partial charge in [0.25, 0.3) is 10.0 Å². The molecule has 1 atom stereocenters. The molecule has 1 aliphatic heterocycles. The van der Waals surface area contributed by atoms with E-state index in [1.807, 2.05) is 0 Å². The van der Waals surface area contributed by atoms with Crippen LogP contribution in [-0.4, -0.2) is 47.0 Å². The molecular formula is C18H21N5O5S. The van der Waals surface area contributed by atoms with E-state index in [2.05, 4.69) is 15.1 Å². The molecule has 11 heteroatoms. The van der Waals surface area contributed by atoms with Gasteiger partial charge in [-0.1, -0.05) is 0 Å². The number of urea groups is 1. The molecule has 0 saturated carbocycles. The maximum absolute atomic E-state index is 12.7. The van der Waals surface area contributed by atoms with E-state index < -0.39 is 22.2 Å². The molecule has 3 aliphatic rings. The van der Waals surface area contributed by atoms with Gasteiger partial charge in [-0.3, -0.25) is 4.98 Å². The molecule has 5 rings (SSSR count).